The van der Waals surface area contributed by atoms with Gasteiger partial charge in [0.05, 0.1) is 12.1 Å². The lowest BCUT2D eigenvalue weighted by Gasteiger charge is -2.13. The number of aromatic nitrogens is 1. The third-order valence-corrected chi connectivity index (χ3v) is 2.16. The molecule has 1 heterocycles. The summed E-state index contributed by atoms with van der Waals surface area (Å²) in [6, 6.07) is 1.81. The fourth-order valence-corrected chi connectivity index (χ4v) is 1.39. The molecule has 0 radical (unpaired) electrons. The van der Waals surface area contributed by atoms with Crippen LogP contribution >= 0.6 is 0 Å². The van der Waals surface area contributed by atoms with Gasteiger partial charge in [-0.3, -0.25) is 0 Å². The van der Waals surface area contributed by atoms with Crippen LogP contribution in [0.2, 0.25) is 0 Å². The summed E-state index contributed by atoms with van der Waals surface area (Å²) in [4.78, 5) is 14.3. The van der Waals surface area contributed by atoms with Crippen LogP contribution in [0, 0.1) is 0 Å². The molecule has 0 spiro atoms. The van der Waals surface area contributed by atoms with Gasteiger partial charge < -0.3 is 21.1 Å². The van der Waals surface area contributed by atoms with Crippen LogP contribution < -0.4 is 16.4 Å². The average Bonchev–Trinajstić information content (AvgIpc) is 2.33. The topological polar surface area (TPSA) is 89.3 Å². The molecule has 20 heavy (non-hydrogen) atoms. The third kappa shape index (κ3) is 5.21. The average molecular weight is 292 g/mol. The number of rotatable bonds is 6. The Morgan fingerprint density at radius 2 is 1.95 bits per heavy atom. The molecule has 9 heteroatoms. The smallest absolute Gasteiger partial charge is 0.416 e. The monoisotopic (exact) mass is 292 g/mol. The summed E-state index contributed by atoms with van der Waals surface area (Å²) in [7, 11) is 0. The van der Waals surface area contributed by atoms with Gasteiger partial charge in [-0.2, -0.15) is 13.2 Å². The summed E-state index contributed by atoms with van der Waals surface area (Å²) in [6.07, 6.45) is -5.41. The highest BCUT2D eigenvalue weighted by molar-refractivity contribution is 5.64. The molecule has 0 saturated heterocycles. The number of nitrogens with one attached hydrogen (secondary N) is 2. The molecule has 112 valence electrons. The van der Waals surface area contributed by atoms with E-state index in [0.717, 1.165) is 12.1 Å². The summed E-state index contributed by atoms with van der Waals surface area (Å²) in [5, 5.41) is 5.34. The minimum Gasteiger partial charge on any atom is -0.448 e. The minimum atomic E-state index is -4.47. The molecule has 0 bridgehead atoms. The third-order valence-electron chi connectivity index (χ3n) is 2.16. The molecule has 1 aromatic rings. The molecule has 6 nitrogen and oxygen atoms in total. The maximum atomic E-state index is 12.7. The van der Waals surface area contributed by atoms with Crippen LogP contribution in [0.3, 0.4) is 0 Å². The van der Waals surface area contributed by atoms with E-state index >= 15 is 0 Å². The molecule has 0 fully saturated rings. The number of pyridine rings is 1. The maximum absolute atomic E-state index is 12.7. The van der Waals surface area contributed by atoms with Gasteiger partial charge in [0, 0.05) is 6.54 Å². The maximum Gasteiger partial charge on any atom is 0.416 e. The number of anilines is 2. The summed E-state index contributed by atoms with van der Waals surface area (Å²) in [5.74, 6) is 0.143. The number of carbonyl (C=O) groups excluding carboxylic acids is 1. The molecule has 0 aliphatic rings. The fourth-order valence-electron chi connectivity index (χ4n) is 1.39. The first-order valence-corrected chi connectivity index (χ1v) is 5.82. The number of alkyl halides is 3. The van der Waals surface area contributed by atoms with Gasteiger partial charge in [0.15, 0.2) is 0 Å². The van der Waals surface area contributed by atoms with Crippen molar-refractivity contribution in [1.82, 2.24) is 4.98 Å². The summed E-state index contributed by atoms with van der Waals surface area (Å²) >= 11 is 0. The van der Waals surface area contributed by atoms with Crippen LogP contribution in [-0.2, 0) is 10.9 Å². The largest absolute Gasteiger partial charge is 0.448 e. The van der Waals surface area contributed by atoms with Gasteiger partial charge in [0.25, 0.3) is 0 Å². The normalized spacial score (nSPS) is 11.0. The van der Waals surface area contributed by atoms with E-state index in [4.69, 9.17) is 5.73 Å². The van der Waals surface area contributed by atoms with Gasteiger partial charge in [-0.05, 0) is 19.1 Å². The van der Waals surface area contributed by atoms with E-state index in [-0.39, 0.29) is 24.8 Å². The van der Waals surface area contributed by atoms with Gasteiger partial charge >= 0.3 is 12.3 Å². The molecular formula is C11H15F3N4O2. The number of hydrogen-bond donors (Lipinski definition) is 3. The standard InChI is InChI=1S/C11H15F3N4O2/c1-2-16-8-5-7(11(12,13)14)6-9(18-8)17-3-4-20-10(15)19/h5-6H,2-4H2,1H3,(H2,15,19)(H2,16,17,18). The van der Waals surface area contributed by atoms with Gasteiger partial charge in [-0.15, -0.1) is 0 Å². The highest BCUT2D eigenvalue weighted by Crippen LogP contribution is 2.31. The molecule has 0 saturated carbocycles. The number of nitrogens with two attached hydrogens (primary N) is 1. The van der Waals surface area contributed by atoms with Gasteiger partial charge in [0.2, 0.25) is 0 Å². The van der Waals surface area contributed by atoms with Crippen LogP contribution in [0.5, 0.6) is 0 Å². The van der Waals surface area contributed by atoms with Crippen molar-refractivity contribution < 1.29 is 22.7 Å². The molecule has 0 aliphatic carbocycles. The summed E-state index contributed by atoms with van der Waals surface area (Å²) < 4.78 is 42.6. The highest BCUT2D eigenvalue weighted by Gasteiger charge is 2.31. The SMILES string of the molecule is CCNc1cc(C(F)(F)F)cc(NCCOC(N)=O)n1. The van der Waals surface area contributed by atoms with Crippen molar-refractivity contribution >= 4 is 17.7 Å². The number of amides is 1. The Labute approximate surface area is 113 Å². The van der Waals surface area contributed by atoms with Crippen molar-refractivity contribution in [3.63, 3.8) is 0 Å². The lowest BCUT2D eigenvalue weighted by molar-refractivity contribution is -0.137. The number of hydrogen-bond acceptors (Lipinski definition) is 5. The first kappa shape index (κ1) is 15.9. The van der Waals surface area contributed by atoms with Gasteiger partial charge in [-0.1, -0.05) is 0 Å². The van der Waals surface area contributed by atoms with E-state index in [1.165, 1.54) is 0 Å². The lowest BCUT2D eigenvalue weighted by atomic mass is 10.2. The van der Waals surface area contributed by atoms with Gasteiger partial charge in [-0.25, -0.2) is 9.78 Å². The van der Waals surface area contributed by atoms with Crippen molar-refractivity contribution in [2.45, 2.75) is 13.1 Å². The molecule has 0 aliphatic heterocycles. The quantitative estimate of drug-likeness (QED) is 0.698. The number of primary amides is 1. The Morgan fingerprint density at radius 1 is 1.35 bits per heavy atom. The molecule has 4 N–H and O–H groups in total. The van der Waals surface area contributed by atoms with Crippen molar-refractivity contribution in [3.8, 4) is 0 Å². The zero-order chi connectivity index (χ0) is 15.2. The van der Waals surface area contributed by atoms with E-state index < -0.39 is 17.8 Å². The second-order valence-electron chi connectivity index (χ2n) is 3.75. The Hall–Kier alpha value is -2.19. The highest BCUT2D eigenvalue weighted by atomic mass is 19.4. The molecule has 1 amide bonds. The van der Waals surface area contributed by atoms with E-state index in [1.54, 1.807) is 6.92 Å². The fraction of sp³-hybridized carbons (Fsp3) is 0.455. The van der Waals surface area contributed by atoms with Gasteiger partial charge in [0.1, 0.15) is 18.2 Å². The molecule has 1 rings (SSSR count). The van der Waals surface area contributed by atoms with Crippen LogP contribution in [-0.4, -0.2) is 30.8 Å². The van der Waals surface area contributed by atoms with Crippen molar-refractivity contribution in [1.29, 1.82) is 0 Å². The molecule has 0 aromatic carbocycles. The Balaban J connectivity index is 2.78. The van der Waals surface area contributed by atoms with E-state index in [2.05, 4.69) is 20.4 Å². The zero-order valence-electron chi connectivity index (χ0n) is 10.8. The predicted molar refractivity (Wildman–Crippen MR) is 67.4 cm³/mol. The molecule has 0 unspecified atom stereocenters. The number of ether oxygens (including phenoxy) is 1. The first-order valence-electron chi connectivity index (χ1n) is 5.82. The number of carbonyl (C=O) groups is 1. The van der Waals surface area contributed by atoms with Crippen molar-refractivity contribution in [2.24, 2.45) is 5.73 Å². The lowest BCUT2D eigenvalue weighted by Crippen LogP contribution is -2.19. The summed E-state index contributed by atoms with van der Waals surface area (Å²) in [6.45, 7) is 2.22. The zero-order valence-corrected chi connectivity index (χ0v) is 10.8. The van der Waals surface area contributed by atoms with Crippen molar-refractivity contribution in [3.05, 3.63) is 17.7 Å². The molecular weight excluding hydrogens is 277 g/mol. The van der Waals surface area contributed by atoms with E-state index in [1.807, 2.05) is 0 Å². The van der Waals surface area contributed by atoms with Crippen molar-refractivity contribution in [2.75, 3.05) is 30.3 Å². The number of halogens is 3. The Morgan fingerprint density at radius 3 is 2.45 bits per heavy atom. The van der Waals surface area contributed by atoms with Crippen LogP contribution in [0.15, 0.2) is 12.1 Å². The second kappa shape index (κ2) is 6.83. The second-order valence-corrected chi connectivity index (χ2v) is 3.75. The first-order chi connectivity index (χ1) is 9.32. The van der Waals surface area contributed by atoms with E-state index in [9.17, 15) is 18.0 Å². The molecule has 1 aromatic heterocycles. The van der Waals surface area contributed by atoms with Crippen LogP contribution in [0.4, 0.5) is 29.6 Å². The number of nitrogens with zero attached hydrogens (tertiary/aromatic N) is 1. The summed E-state index contributed by atoms with van der Waals surface area (Å²) in [5.41, 5.74) is 3.94. The van der Waals surface area contributed by atoms with Crippen LogP contribution in [0.25, 0.3) is 0 Å². The predicted octanol–water partition coefficient (Wildman–Crippen LogP) is 2.04. The van der Waals surface area contributed by atoms with Crippen LogP contribution in [0.1, 0.15) is 12.5 Å². The Bertz CT molecular complexity index is 465. The Kier molecular flexibility index (Phi) is 5.42. The molecule has 0 atom stereocenters. The minimum absolute atomic E-state index is 0.0313. The van der Waals surface area contributed by atoms with E-state index in [0.29, 0.717) is 6.54 Å².